The first-order chi connectivity index (χ1) is 11.7. The van der Waals surface area contributed by atoms with Crippen molar-refractivity contribution in [1.82, 2.24) is 15.0 Å². The molecule has 1 aliphatic carbocycles. The molecule has 6 nitrogen and oxygen atoms in total. The lowest BCUT2D eigenvalue weighted by Crippen LogP contribution is -2.44. The van der Waals surface area contributed by atoms with E-state index in [4.69, 9.17) is 0 Å². The number of rotatable bonds is 5. The van der Waals surface area contributed by atoms with Gasteiger partial charge in [0, 0.05) is 18.8 Å². The lowest BCUT2D eigenvalue weighted by Gasteiger charge is -2.31. The van der Waals surface area contributed by atoms with Gasteiger partial charge in [0.05, 0.1) is 10.4 Å². The minimum absolute atomic E-state index is 0.172. The van der Waals surface area contributed by atoms with Crippen LogP contribution in [0.15, 0.2) is 23.4 Å². The highest BCUT2D eigenvalue weighted by Gasteiger charge is 2.31. The van der Waals surface area contributed by atoms with E-state index in [1.165, 1.54) is 0 Å². The first-order valence-corrected chi connectivity index (χ1v) is 11.2. The molecule has 2 aliphatic rings. The Hall–Kier alpha value is -0.830. The van der Waals surface area contributed by atoms with E-state index in [2.05, 4.69) is 26.4 Å². The Labute approximate surface area is 155 Å². The highest BCUT2D eigenvalue weighted by atomic mass is 32.2. The molecule has 1 saturated carbocycles. The number of thioether (sulfide) groups is 1. The predicted octanol–water partition coefficient (Wildman–Crippen LogP) is 2.75. The van der Waals surface area contributed by atoms with Crippen LogP contribution in [-0.2, 0) is 10.0 Å². The van der Waals surface area contributed by atoms with Gasteiger partial charge in [-0.15, -0.1) is 0 Å². The van der Waals surface area contributed by atoms with Gasteiger partial charge in [0.1, 0.15) is 10.5 Å². The molecular formula is C17H28N4O2S2. The van der Waals surface area contributed by atoms with E-state index in [-0.39, 0.29) is 5.50 Å². The number of sulfonamides is 1. The van der Waals surface area contributed by atoms with Crippen LogP contribution in [0, 0.1) is 5.92 Å². The predicted molar refractivity (Wildman–Crippen MR) is 103 cm³/mol. The zero-order valence-corrected chi connectivity index (χ0v) is 16.7. The van der Waals surface area contributed by atoms with E-state index < -0.39 is 14.8 Å². The maximum atomic E-state index is 12.2. The normalized spacial score (nSPS) is 26.9. The molecule has 0 spiro atoms. The van der Waals surface area contributed by atoms with Crippen molar-refractivity contribution < 1.29 is 8.42 Å². The Morgan fingerprint density at radius 1 is 1.28 bits per heavy atom. The average Bonchev–Trinajstić information content (AvgIpc) is 2.95. The number of anilines is 1. The Morgan fingerprint density at radius 2 is 2.00 bits per heavy atom. The van der Waals surface area contributed by atoms with Crippen molar-refractivity contribution >= 4 is 27.5 Å². The second-order valence-electron chi connectivity index (χ2n) is 7.85. The number of fused-ring (bicyclic) bond motifs is 1. The van der Waals surface area contributed by atoms with Gasteiger partial charge in [-0.1, -0.05) is 11.8 Å². The van der Waals surface area contributed by atoms with Crippen molar-refractivity contribution in [1.29, 1.82) is 0 Å². The maximum absolute atomic E-state index is 12.2. The SMILES string of the molecule is CC(C)(C)S(=O)(=O)NCC1CCC(NC2Nc3cccnc3S2)CC1. The molecule has 2 heterocycles. The van der Waals surface area contributed by atoms with Crippen molar-refractivity contribution in [2.24, 2.45) is 5.92 Å². The van der Waals surface area contributed by atoms with E-state index in [1.807, 2.05) is 12.3 Å². The van der Waals surface area contributed by atoms with Crippen LogP contribution in [0.4, 0.5) is 5.69 Å². The van der Waals surface area contributed by atoms with E-state index in [0.29, 0.717) is 18.5 Å². The summed E-state index contributed by atoms with van der Waals surface area (Å²) in [6.07, 6.45) is 6.06. The Kier molecular flexibility index (Phi) is 5.63. The van der Waals surface area contributed by atoms with Gasteiger partial charge in [0.15, 0.2) is 0 Å². The minimum atomic E-state index is -3.25. The highest BCUT2D eigenvalue weighted by molar-refractivity contribution is 8.00. The molecule has 1 aromatic heterocycles. The molecule has 1 fully saturated rings. The number of nitrogens with one attached hydrogen (secondary N) is 3. The summed E-state index contributed by atoms with van der Waals surface area (Å²) in [4.78, 5) is 4.38. The molecule has 8 heteroatoms. The standard InChI is InChI=1S/C17H28N4O2S2/c1-17(2,3)25(22,23)19-11-12-6-8-13(9-7-12)20-16-21-14-5-4-10-18-15(14)24-16/h4-5,10,12-13,16,19-21H,6-9,11H2,1-3H3. The van der Waals surface area contributed by atoms with Crippen LogP contribution in [0.3, 0.4) is 0 Å². The topological polar surface area (TPSA) is 83.1 Å². The van der Waals surface area contributed by atoms with Gasteiger partial charge in [-0.2, -0.15) is 0 Å². The second kappa shape index (κ2) is 7.42. The number of hydrogen-bond acceptors (Lipinski definition) is 6. The zero-order valence-electron chi connectivity index (χ0n) is 15.1. The third-order valence-electron chi connectivity index (χ3n) is 4.89. The molecule has 1 aromatic rings. The van der Waals surface area contributed by atoms with Gasteiger partial charge < -0.3 is 5.32 Å². The number of nitrogens with zero attached hydrogens (tertiary/aromatic N) is 1. The van der Waals surface area contributed by atoms with Crippen LogP contribution >= 0.6 is 11.8 Å². The van der Waals surface area contributed by atoms with Crippen LogP contribution < -0.4 is 15.4 Å². The smallest absolute Gasteiger partial charge is 0.216 e. The zero-order chi connectivity index (χ0) is 18.1. The molecule has 0 aromatic carbocycles. The fourth-order valence-corrected chi connectivity index (χ4v) is 5.08. The molecule has 3 rings (SSSR count). The molecule has 140 valence electrons. The van der Waals surface area contributed by atoms with Gasteiger partial charge in [-0.25, -0.2) is 18.1 Å². The van der Waals surface area contributed by atoms with Crippen LogP contribution in [0.1, 0.15) is 46.5 Å². The molecule has 0 bridgehead atoms. The van der Waals surface area contributed by atoms with Crippen LogP contribution in [-0.4, -0.2) is 36.2 Å². The van der Waals surface area contributed by atoms with Gasteiger partial charge in [0.25, 0.3) is 0 Å². The summed E-state index contributed by atoms with van der Waals surface area (Å²) >= 11 is 1.72. The Bertz CT molecular complexity index is 670. The number of aromatic nitrogens is 1. The summed E-state index contributed by atoms with van der Waals surface area (Å²) in [5, 5.41) is 8.15. The van der Waals surface area contributed by atoms with Gasteiger partial charge in [-0.3, -0.25) is 5.32 Å². The van der Waals surface area contributed by atoms with Crippen molar-refractivity contribution in [3.63, 3.8) is 0 Å². The Balaban J connectivity index is 1.41. The average molecular weight is 385 g/mol. The van der Waals surface area contributed by atoms with E-state index >= 15 is 0 Å². The van der Waals surface area contributed by atoms with E-state index in [1.54, 1.807) is 32.5 Å². The lowest BCUT2D eigenvalue weighted by molar-refractivity contribution is 0.292. The van der Waals surface area contributed by atoms with Crippen molar-refractivity contribution in [2.45, 2.75) is 67.8 Å². The molecule has 1 atom stereocenters. The number of hydrogen-bond donors (Lipinski definition) is 3. The third-order valence-corrected chi connectivity index (χ3v) is 8.09. The minimum Gasteiger partial charge on any atom is -0.359 e. The van der Waals surface area contributed by atoms with E-state index in [0.717, 1.165) is 36.4 Å². The molecule has 25 heavy (non-hydrogen) atoms. The Morgan fingerprint density at radius 3 is 2.64 bits per heavy atom. The van der Waals surface area contributed by atoms with Crippen LogP contribution in [0.5, 0.6) is 0 Å². The summed E-state index contributed by atoms with van der Waals surface area (Å²) in [6.45, 7) is 5.75. The summed E-state index contributed by atoms with van der Waals surface area (Å²) in [6, 6.07) is 4.46. The molecule has 0 amide bonds. The lowest BCUT2D eigenvalue weighted by atomic mass is 9.86. The molecule has 0 saturated heterocycles. The van der Waals surface area contributed by atoms with Gasteiger partial charge >= 0.3 is 0 Å². The molecule has 3 N–H and O–H groups in total. The molecular weight excluding hydrogens is 356 g/mol. The van der Waals surface area contributed by atoms with Gasteiger partial charge in [-0.05, 0) is 64.5 Å². The quantitative estimate of drug-likeness (QED) is 0.724. The summed E-state index contributed by atoms with van der Waals surface area (Å²) in [5.41, 5.74) is 1.26. The molecule has 0 radical (unpaired) electrons. The maximum Gasteiger partial charge on any atom is 0.216 e. The second-order valence-corrected chi connectivity index (χ2v) is 11.5. The first-order valence-electron chi connectivity index (χ1n) is 8.88. The summed E-state index contributed by atoms with van der Waals surface area (Å²) in [7, 11) is -3.25. The van der Waals surface area contributed by atoms with Crippen molar-refractivity contribution in [3.05, 3.63) is 18.3 Å². The fraction of sp³-hybridized carbons (Fsp3) is 0.706. The first kappa shape index (κ1) is 18.9. The van der Waals surface area contributed by atoms with Crippen LogP contribution in [0.2, 0.25) is 0 Å². The van der Waals surface area contributed by atoms with Gasteiger partial charge in [0.2, 0.25) is 10.0 Å². The summed E-state index contributed by atoms with van der Waals surface area (Å²) in [5.74, 6) is 0.429. The van der Waals surface area contributed by atoms with Crippen molar-refractivity contribution in [3.8, 4) is 0 Å². The largest absolute Gasteiger partial charge is 0.359 e. The molecule has 1 unspecified atom stereocenters. The number of pyridine rings is 1. The van der Waals surface area contributed by atoms with Crippen LogP contribution in [0.25, 0.3) is 0 Å². The third kappa shape index (κ3) is 4.67. The van der Waals surface area contributed by atoms with Crippen molar-refractivity contribution in [2.75, 3.05) is 11.9 Å². The fourth-order valence-electron chi connectivity index (χ4n) is 3.14. The van der Waals surface area contributed by atoms with E-state index in [9.17, 15) is 8.42 Å². The summed E-state index contributed by atoms with van der Waals surface area (Å²) < 4.78 is 26.4. The monoisotopic (exact) mass is 384 g/mol. The molecule has 1 aliphatic heterocycles. The highest BCUT2D eigenvalue weighted by Crippen LogP contribution is 2.36.